The lowest BCUT2D eigenvalue weighted by molar-refractivity contribution is -0.123. The van der Waals surface area contributed by atoms with Gasteiger partial charge in [0.15, 0.2) is 6.61 Å². The molecule has 1 N–H and O–H groups in total. The van der Waals surface area contributed by atoms with Gasteiger partial charge in [0.2, 0.25) is 0 Å². The molecule has 5 heteroatoms. The van der Waals surface area contributed by atoms with E-state index in [1.165, 1.54) is 5.56 Å². The van der Waals surface area contributed by atoms with Gasteiger partial charge in [-0.1, -0.05) is 53.5 Å². The molecule has 22 heavy (non-hydrogen) atoms. The third kappa shape index (κ3) is 5.24. The van der Waals surface area contributed by atoms with Crippen LogP contribution < -0.4 is 10.1 Å². The van der Waals surface area contributed by atoms with E-state index in [0.29, 0.717) is 15.8 Å². The fraction of sp³-hybridized carbons (Fsp3) is 0.235. The number of carbonyl (C=O) groups excluding carboxylic acids is 1. The molecule has 0 aliphatic carbocycles. The van der Waals surface area contributed by atoms with Gasteiger partial charge in [0, 0.05) is 11.1 Å². The van der Waals surface area contributed by atoms with Gasteiger partial charge in [0.1, 0.15) is 5.75 Å². The van der Waals surface area contributed by atoms with Gasteiger partial charge in [-0.15, -0.1) is 0 Å². The first-order valence-corrected chi connectivity index (χ1v) is 7.71. The van der Waals surface area contributed by atoms with Gasteiger partial charge in [-0.05, 0) is 37.1 Å². The van der Waals surface area contributed by atoms with Crippen molar-refractivity contribution >= 4 is 29.1 Å². The third-order valence-electron chi connectivity index (χ3n) is 3.04. The fourth-order valence-corrected chi connectivity index (χ4v) is 2.53. The van der Waals surface area contributed by atoms with Crippen molar-refractivity contribution in [2.75, 3.05) is 6.61 Å². The molecule has 0 radical (unpaired) electrons. The Bertz CT molecular complexity index is 632. The number of hydrogen-bond acceptors (Lipinski definition) is 2. The Hall–Kier alpha value is -1.71. The van der Waals surface area contributed by atoms with Crippen LogP contribution in [0, 0.1) is 0 Å². The number of nitrogens with one attached hydrogen (secondary N) is 1. The zero-order valence-corrected chi connectivity index (χ0v) is 13.7. The monoisotopic (exact) mass is 337 g/mol. The smallest absolute Gasteiger partial charge is 0.258 e. The average molecular weight is 338 g/mol. The summed E-state index contributed by atoms with van der Waals surface area (Å²) >= 11 is 11.8. The maximum Gasteiger partial charge on any atom is 0.258 e. The minimum atomic E-state index is -0.186. The molecule has 1 atom stereocenters. The van der Waals surface area contributed by atoms with Crippen LogP contribution >= 0.6 is 23.2 Å². The molecule has 0 heterocycles. The lowest BCUT2D eigenvalue weighted by Gasteiger charge is -2.14. The summed E-state index contributed by atoms with van der Waals surface area (Å²) in [6.45, 7) is 1.88. The van der Waals surface area contributed by atoms with E-state index in [2.05, 4.69) is 5.32 Å². The summed E-state index contributed by atoms with van der Waals surface area (Å²) < 4.78 is 5.40. The van der Waals surface area contributed by atoms with Gasteiger partial charge >= 0.3 is 0 Å². The molecule has 116 valence electrons. The van der Waals surface area contributed by atoms with Crippen LogP contribution in [0.25, 0.3) is 0 Å². The SMILES string of the molecule is CC(Cc1ccccc1)NC(=O)COc1ccc(Cl)cc1Cl. The number of carbonyl (C=O) groups is 1. The van der Waals surface area contributed by atoms with Crippen molar-refractivity contribution in [1.29, 1.82) is 0 Å². The number of ether oxygens (including phenoxy) is 1. The Labute approximate surface area is 140 Å². The van der Waals surface area contributed by atoms with Gasteiger partial charge in [-0.3, -0.25) is 4.79 Å². The minimum absolute atomic E-state index is 0.0270. The summed E-state index contributed by atoms with van der Waals surface area (Å²) in [6.07, 6.45) is 0.772. The highest BCUT2D eigenvalue weighted by atomic mass is 35.5. The van der Waals surface area contributed by atoms with E-state index in [1.807, 2.05) is 37.3 Å². The highest BCUT2D eigenvalue weighted by Crippen LogP contribution is 2.27. The highest BCUT2D eigenvalue weighted by Gasteiger charge is 2.10. The highest BCUT2D eigenvalue weighted by molar-refractivity contribution is 6.35. The minimum Gasteiger partial charge on any atom is -0.482 e. The molecule has 3 nitrogen and oxygen atoms in total. The van der Waals surface area contributed by atoms with Crippen molar-refractivity contribution in [3.63, 3.8) is 0 Å². The van der Waals surface area contributed by atoms with Crippen LogP contribution in [0.3, 0.4) is 0 Å². The van der Waals surface area contributed by atoms with E-state index in [0.717, 1.165) is 6.42 Å². The van der Waals surface area contributed by atoms with Gasteiger partial charge < -0.3 is 10.1 Å². The van der Waals surface area contributed by atoms with Crippen LogP contribution in [-0.2, 0) is 11.2 Å². The van der Waals surface area contributed by atoms with Crippen molar-refractivity contribution in [2.45, 2.75) is 19.4 Å². The van der Waals surface area contributed by atoms with Crippen molar-refractivity contribution in [3.05, 3.63) is 64.1 Å². The third-order valence-corrected chi connectivity index (χ3v) is 3.58. The first-order chi connectivity index (χ1) is 10.5. The summed E-state index contributed by atoms with van der Waals surface area (Å²) in [5, 5.41) is 3.81. The summed E-state index contributed by atoms with van der Waals surface area (Å²) in [5.41, 5.74) is 1.18. The van der Waals surface area contributed by atoms with Crippen LogP contribution in [0.5, 0.6) is 5.75 Å². The first kappa shape index (κ1) is 16.7. The average Bonchev–Trinajstić information content (AvgIpc) is 2.47. The normalized spacial score (nSPS) is 11.8. The maximum atomic E-state index is 11.9. The van der Waals surface area contributed by atoms with Crippen molar-refractivity contribution in [3.8, 4) is 5.75 Å². The fourth-order valence-electron chi connectivity index (χ4n) is 2.07. The molecule has 0 aliphatic rings. The largest absolute Gasteiger partial charge is 0.482 e. The van der Waals surface area contributed by atoms with E-state index in [1.54, 1.807) is 18.2 Å². The van der Waals surface area contributed by atoms with Crippen LogP contribution in [0.15, 0.2) is 48.5 Å². The lowest BCUT2D eigenvalue weighted by Crippen LogP contribution is -2.37. The Morgan fingerprint density at radius 2 is 1.91 bits per heavy atom. The second-order valence-electron chi connectivity index (χ2n) is 5.02. The topological polar surface area (TPSA) is 38.3 Å². The van der Waals surface area contributed by atoms with Gasteiger partial charge in [-0.2, -0.15) is 0 Å². The summed E-state index contributed by atoms with van der Waals surface area (Å²) in [5.74, 6) is 0.256. The van der Waals surface area contributed by atoms with E-state index in [4.69, 9.17) is 27.9 Å². The molecule has 2 aromatic rings. The molecule has 0 saturated heterocycles. The summed E-state index contributed by atoms with van der Waals surface area (Å²) in [7, 11) is 0. The zero-order chi connectivity index (χ0) is 15.9. The molecule has 0 spiro atoms. The quantitative estimate of drug-likeness (QED) is 0.860. The molecule has 0 aromatic heterocycles. The van der Waals surface area contributed by atoms with Crippen molar-refractivity contribution in [2.24, 2.45) is 0 Å². The molecule has 1 amide bonds. The van der Waals surface area contributed by atoms with Crippen LogP contribution in [0.4, 0.5) is 0 Å². The number of amides is 1. The van der Waals surface area contributed by atoms with Gasteiger partial charge in [-0.25, -0.2) is 0 Å². The van der Waals surface area contributed by atoms with E-state index >= 15 is 0 Å². The predicted octanol–water partition coefficient (Wildman–Crippen LogP) is 4.12. The molecule has 2 rings (SSSR count). The molecule has 2 aromatic carbocycles. The Kier molecular flexibility index (Phi) is 6.10. The zero-order valence-electron chi connectivity index (χ0n) is 12.2. The van der Waals surface area contributed by atoms with E-state index < -0.39 is 0 Å². The second kappa shape index (κ2) is 8.06. The first-order valence-electron chi connectivity index (χ1n) is 6.95. The van der Waals surface area contributed by atoms with Gasteiger partial charge in [0.05, 0.1) is 5.02 Å². The van der Waals surface area contributed by atoms with Crippen LogP contribution in [0.2, 0.25) is 10.0 Å². The standard InChI is InChI=1S/C17H17Cl2NO2/c1-12(9-13-5-3-2-4-6-13)20-17(21)11-22-16-8-7-14(18)10-15(16)19/h2-8,10,12H,9,11H2,1H3,(H,20,21). The van der Waals surface area contributed by atoms with Crippen molar-refractivity contribution < 1.29 is 9.53 Å². The van der Waals surface area contributed by atoms with Gasteiger partial charge in [0.25, 0.3) is 5.91 Å². The second-order valence-corrected chi connectivity index (χ2v) is 5.87. The van der Waals surface area contributed by atoms with Crippen LogP contribution in [0.1, 0.15) is 12.5 Å². The van der Waals surface area contributed by atoms with E-state index in [-0.39, 0.29) is 18.6 Å². The Morgan fingerprint density at radius 1 is 1.18 bits per heavy atom. The molecular weight excluding hydrogens is 321 g/mol. The number of rotatable bonds is 6. The van der Waals surface area contributed by atoms with Crippen LogP contribution in [-0.4, -0.2) is 18.6 Å². The summed E-state index contributed by atoms with van der Waals surface area (Å²) in [4.78, 5) is 11.9. The number of benzene rings is 2. The molecule has 0 fully saturated rings. The number of halogens is 2. The summed E-state index contributed by atoms with van der Waals surface area (Å²) in [6, 6.07) is 14.9. The predicted molar refractivity (Wildman–Crippen MR) is 89.7 cm³/mol. The molecule has 0 saturated carbocycles. The van der Waals surface area contributed by atoms with Crippen molar-refractivity contribution in [1.82, 2.24) is 5.32 Å². The molecule has 0 bridgehead atoms. The Morgan fingerprint density at radius 3 is 2.59 bits per heavy atom. The molecule has 1 unspecified atom stereocenters. The Balaban J connectivity index is 1.80. The lowest BCUT2D eigenvalue weighted by atomic mass is 10.1. The maximum absolute atomic E-state index is 11.9. The number of hydrogen-bond donors (Lipinski definition) is 1. The van der Waals surface area contributed by atoms with E-state index in [9.17, 15) is 4.79 Å². The molecule has 0 aliphatic heterocycles. The molecular formula is C17H17Cl2NO2.